The number of nitrogens with one attached hydrogen (secondary N) is 2. The maximum absolute atomic E-state index is 3.57. The molecule has 0 unspecified atom stereocenters. The van der Waals surface area contributed by atoms with Crippen molar-refractivity contribution in [2.75, 3.05) is 10.6 Å². The molecule has 162 valence electrons. The molecule has 2 aliphatic carbocycles. The van der Waals surface area contributed by atoms with Gasteiger partial charge in [-0.25, -0.2) is 0 Å². The van der Waals surface area contributed by atoms with Crippen LogP contribution in [0.2, 0.25) is 0 Å². The normalized spacial score (nSPS) is 12.5. The summed E-state index contributed by atoms with van der Waals surface area (Å²) in [7, 11) is 0. The van der Waals surface area contributed by atoms with Crippen molar-refractivity contribution in [1.29, 1.82) is 0 Å². The van der Waals surface area contributed by atoms with Gasteiger partial charge in [0.25, 0.3) is 0 Å². The van der Waals surface area contributed by atoms with E-state index < -0.39 is 0 Å². The minimum absolute atomic E-state index is 1.01. The van der Waals surface area contributed by atoms with E-state index in [1.54, 1.807) is 0 Å². The molecule has 2 heteroatoms. The molecule has 2 nitrogen and oxygen atoms in total. The highest BCUT2D eigenvalue weighted by molar-refractivity contribution is 5.81. The lowest BCUT2D eigenvalue weighted by Gasteiger charge is -2.12. The number of anilines is 4. The number of hydrogen-bond donors (Lipinski definition) is 2. The molecule has 34 heavy (non-hydrogen) atoms. The highest BCUT2D eigenvalue weighted by Crippen LogP contribution is 2.39. The first-order valence-electron chi connectivity index (χ1n) is 11.9. The van der Waals surface area contributed by atoms with Gasteiger partial charge in [0.15, 0.2) is 0 Å². The van der Waals surface area contributed by atoms with Gasteiger partial charge >= 0.3 is 0 Å². The molecule has 0 saturated carbocycles. The second-order valence-corrected chi connectivity index (χ2v) is 9.24. The van der Waals surface area contributed by atoms with Gasteiger partial charge in [-0.15, -0.1) is 0 Å². The molecule has 0 spiro atoms. The quantitative estimate of drug-likeness (QED) is 0.290. The van der Waals surface area contributed by atoms with Crippen LogP contribution in [0.15, 0.2) is 109 Å². The summed E-state index contributed by atoms with van der Waals surface area (Å²) >= 11 is 0. The summed E-state index contributed by atoms with van der Waals surface area (Å²) in [5.41, 5.74) is 15.5. The maximum Gasteiger partial charge on any atom is 0.0387 e. The Hall–Kier alpha value is -4.30. The monoisotopic (exact) mass is 436 g/mol. The molecule has 0 radical (unpaired) electrons. The van der Waals surface area contributed by atoms with Gasteiger partial charge in [0, 0.05) is 22.7 Å². The fourth-order valence-corrected chi connectivity index (χ4v) is 5.42. The lowest BCUT2D eigenvalue weighted by Crippen LogP contribution is -1.94. The minimum atomic E-state index is 1.01. The summed E-state index contributed by atoms with van der Waals surface area (Å²) in [6, 6.07) is 39.3. The van der Waals surface area contributed by atoms with Crippen molar-refractivity contribution in [2.45, 2.75) is 12.8 Å². The molecule has 0 atom stereocenters. The zero-order valence-electron chi connectivity index (χ0n) is 18.8. The van der Waals surface area contributed by atoms with Crippen LogP contribution in [0.5, 0.6) is 0 Å². The van der Waals surface area contributed by atoms with Gasteiger partial charge in [0.2, 0.25) is 0 Å². The second-order valence-electron chi connectivity index (χ2n) is 9.24. The summed E-state index contributed by atoms with van der Waals surface area (Å²) < 4.78 is 0. The van der Waals surface area contributed by atoms with E-state index in [0.717, 1.165) is 35.6 Å². The highest BCUT2D eigenvalue weighted by Gasteiger charge is 2.19. The van der Waals surface area contributed by atoms with Crippen LogP contribution >= 0.6 is 0 Å². The van der Waals surface area contributed by atoms with Crippen LogP contribution in [0, 0.1) is 0 Å². The third kappa shape index (κ3) is 3.27. The molecule has 0 aromatic heterocycles. The van der Waals surface area contributed by atoms with Crippen molar-refractivity contribution in [3.8, 4) is 22.3 Å². The third-order valence-corrected chi connectivity index (χ3v) is 7.05. The minimum Gasteiger partial charge on any atom is -0.356 e. The van der Waals surface area contributed by atoms with Gasteiger partial charge in [-0.3, -0.25) is 0 Å². The molecule has 2 aliphatic rings. The van der Waals surface area contributed by atoms with Crippen molar-refractivity contribution >= 4 is 22.7 Å². The summed E-state index contributed by atoms with van der Waals surface area (Å²) in [5.74, 6) is 0. The fourth-order valence-electron chi connectivity index (χ4n) is 5.42. The molecule has 5 aromatic carbocycles. The molecule has 0 saturated heterocycles. The number of rotatable bonds is 4. The van der Waals surface area contributed by atoms with Crippen LogP contribution in [0.3, 0.4) is 0 Å². The zero-order chi connectivity index (χ0) is 22.5. The Morgan fingerprint density at radius 1 is 0.353 bits per heavy atom. The molecule has 0 heterocycles. The summed E-state index contributed by atoms with van der Waals surface area (Å²) in [6.07, 6.45) is 2.02. The average molecular weight is 437 g/mol. The molecular weight excluding hydrogens is 412 g/mol. The SMILES string of the molecule is c1ccc2c(c1)Cc1cc(Nc3ccc(Nc4ccc5c(c4)Cc4ccccc4-5)cc3)ccc1-2. The van der Waals surface area contributed by atoms with Crippen LogP contribution in [0.1, 0.15) is 22.3 Å². The van der Waals surface area contributed by atoms with Gasteiger partial charge < -0.3 is 10.6 Å². The van der Waals surface area contributed by atoms with Crippen molar-refractivity contribution in [3.05, 3.63) is 131 Å². The summed E-state index contributed by atoms with van der Waals surface area (Å²) in [4.78, 5) is 0. The standard InChI is InChI=1S/C32H24N2/c1-3-7-29-21(5-1)17-23-19-27(13-15-31(23)29)33-25-9-11-26(12-10-25)34-28-14-16-32-24(20-28)18-22-6-2-4-8-30(22)32/h1-16,19-20,33-34H,17-18H2. The van der Waals surface area contributed by atoms with E-state index in [1.807, 2.05) is 0 Å². The van der Waals surface area contributed by atoms with Crippen molar-refractivity contribution in [2.24, 2.45) is 0 Å². The molecule has 5 aromatic rings. The Morgan fingerprint density at radius 3 is 1.21 bits per heavy atom. The van der Waals surface area contributed by atoms with E-state index in [9.17, 15) is 0 Å². The van der Waals surface area contributed by atoms with Crippen LogP contribution in [-0.4, -0.2) is 0 Å². The Bertz CT molecular complexity index is 1430. The highest BCUT2D eigenvalue weighted by atomic mass is 14.9. The van der Waals surface area contributed by atoms with Gasteiger partial charge in [-0.1, -0.05) is 60.7 Å². The Kier molecular flexibility index (Phi) is 4.31. The average Bonchev–Trinajstić information content (AvgIpc) is 3.42. The summed E-state index contributed by atoms with van der Waals surface area (Å²) in [6.45, 7) is 0. The molecule has 2 N–H and O–H groups in total. The maximum atomic E-state index is 3.57. The molecule has 0 aliphatic heterocycles. The lowest BCUT2D eigenvalue weighted by atomic mass is 10.1. The molecular formula is C32H24N2. The predicted octanol–water partition coefficient (Wildman–Crippen LogP) is 8.32. The predicted molar refractivity (Wildman–Crippen MR) is 142 cm³/mol. The fraction of sp³-hybridized carbons (Fsp3) is 0.0625. The molecule has 0 amide bonds. The topological polar surface area (TPSA) is 24.1 Å². The molecule has 7 rings (SSSR count). The zero-order valence-corrected chi connectivity index (χ0v) is 18.8. The number of fused-ring (bicyclic) bond motifs is 6. The van der Waals surface area contributed by atoms with E-state index in [-0.39, 0.29) is 0 Å². The number of hydrogen-bond acceptors (Lipinski definition) is 2. The Labute approximate surface area is 199 Å². The van der Waals surface area contributed by atoms with Crippen LogP contribution in [0.4, 0.5) is 22.7 Å². The van der Waals surface area contributed by atoms with E-state index in [1.165, 1.54) is 44.5 Å². The summed E-state index contributed by atoms with van der Waals surface area (Å²) in [5, 5.41) is 7.14. The van der Waals surface area contributed by atoms with Crippen LogP contribution in [0.25, 0.3) is 22.3 Å². The van der Waals surface area contributed by atoms with Gasteiger partial charge in [-0.05, 0) is 106 Å². The first kappa shape index (κ1) is 19.2. The first-order valence-corrected chi connectivity index (χ1v) is 11.9. The number of benzene rings is 5. The van der Waals surface area contributed by atoms with E-state index in [2.05, 4.69) is 120 Å². The van der Waals surface area contributed by atoms with Gasteiger partial charge in [-0.2, -0.15) is 0 Å². The van der Waals surface area contributed by atoms with E-state index in [0.29, 0.717) is 0 Å². The van der Waals surface area contributed by atoms with Crippen LogP contribution in [-0.2, 0) is 12.8 Å². The Balaban J connectivity index is 1.06. The van der Waals surface area contributed by atoms with E-state index >= 15 is 0 Å². The molecule has 0 bridgehead atoms. The first-order chi connectivity index (χ1) is 16.8. The van der Waals surface area contributed by atoms with E-state index in [4.69, 9.17) is 0 Å². The van der Waals surface area contributed by atoms with Gasteiger partial charge in [0.05, 0.1) is 0 Å². The van der Waals surface area contributed by atoms with Crippen molar-refractivity contribution in [3.63, 3.8) is 0 Å². The third-order valence-electron chi connectivity index (χ3n) is 7.05. The Morgan fingerprint density at radius 2 is 0.735 bits per heavy atom. The van der Waals surface area contributed by atoms with Gasteiger partial charge in [0.1, 0.15) is 0 Å². The smallest absolute Gasteiger partial charge is 0.0387 e. The second kappa shape index (κ2) is 7.64. The van der Waals surface area contributed by atoms with Crippen molar-refractivity contribution < 1.29 is 0 Å². The largest absolute Gasteiger partial charge is 0.356 e. The van der Waals surface area contributed by atoms with Crippen molar-refractivity contribution in [1.82, 2.24) is 0 Å². The van der Waals surface area contributed by atoms with Crippen LogP contribution < -0.4 is 10.6 Å². The lowest BCUT2D eigenvalue weighted by molar-refractivity contribution is 1.26. The molecule has 0 fully saturated rings.